The van der Waals surface area contributed by atoms with E-state index in [1.54, 1.807) is 10.9 Å². The minimum atomic E-state index is -0.183. The zero-order valence-corrected chi connectivity index (χ0v) is 12.3. The van der Waals surface area contributed by atoms with E-state index in [-0.39, 0.29) is 5.91 Å². The lowest BCUT2D eigenvalue weighted by Gasteiger charge is -2.03. The van der Waals surface area contributed by atoms with E-state index in [1.165, 1.54) is 0 Å². The first-order chi connectivity index (χ1) is 10.0. The van der Waals surface area contributed by atoms with Crippen LogP contribution in [0.2, 0.25) is 0 Å². The number of fused-ring (bicyclic) bond motifs is 1. The first-order valence-corrected chi connectivity index (χ1v) is 6.76. The molecule has 1 N–H and O–H groups in total. The molecule has 0 saturated carbocycles. The van der Waals surface area contributed by atoms with Crippen LogP contribution in [0.3, 0.4) is 0 Å². The Morgan fingerprint density at radius 3 is 2.86 bits per heavy atom. The Kier molecular flexibility index (Phi) is 3.21. The maximum atomic E-state index is 12.2. The van der Waals surface area contributed by atoms with Crippen molar-refractivity contribution in [2.45, 2.75) is 20.4 Å². The molecule has 3 aromatic heterocycles. The van der Waals surface area contributed by atoms with Crippen molar-refractivity contribution in [3.05, 3.63) is 53.2 Å². The topological polar surface area (TPSA) is 64.2 Å². The quantitative estimate of drug-likeness (QED) is 0.794. The van der Waals surface area contributed by atoms with Crippen LogP contribution in [0, 0.1) is 13.8 Å². The van der Waals surface area contributed by atoms with Gasteiger partial charge in [-0.1, -0.05) is 6.07 Å². The number of nitrogens with zero attached hydrogens (tertiary/aromatic N) is 4. The summed E-state index contributed by atoms with van der Waals surface area (Å²) in [5.41, 5.74) is 4.16. The second-order valence-electron chi connectivity index (χ2n) is 5.13. The third kappa shape index (κ3) is 2.52. The Balaban J connectivity index is 1.78. The van der Waals surface area contributed by atoms with E-state index in [0.717, 1.165) is 22.6 Å². The van der Waals surface area contributed by atoms with Gasteiger partial charge in [-0.05, 0) is 31.5 Å². The van der Waals surface area contributed by atoms with Crippen molar-refractivity contribution in [2.75, 3.05) is 0 Å². The van der Waals surface area contributed by atoms with Crippen LogP contribution in [0.15, 0.2) is 30.6 Å². The van der Waals surface area contributed by atoms with E-state index in [0.29, 0.717) is 12.2 Å². The van der Waals surface area contributed by atoms with E-state index >= 15 is 0 Å². The molecule has 0 unspecified atom stereocenters. The molecule has 0 aliphatic heterocycles. The van der Waals surface area contributed by atoms with Crippen LogP contribution in [0.4, 0.5) is 0 Å². The zero-order chi connectivity index (χ0) is 15.0. The molecule has 3 aromatic rings. The molecule has 0 aliphatic rings. The van der Waals surface area contributed by atoms with Crippen LogP contribution in [0.1, 0.15) is 27.4 Å². The van der Waals surface area contributed by atoms with Gasteiger partial charge in [0.25, 0.3) is 5.91 Å². The van der Waals surface area contributed by atoms with Gasteiger partial charge in [0.15, 0.2) is 0 Å². The van der Waals surface area contributed by atoms with E-state index in [4.69, 9.17) is 0 Å². The van der Waals surface area contributed by atoms with Gasteiger partial charge in [-0.3, -0.25) is 9.48 Å². The molecule has 3 heterocycles. The third-order valence-electron chi connectivity index (χ3n) is 3.44. The minimum Gasteiger partial charge on any atom is -0.345 e. The molecule has 0 spiro atoms. The fraction of sp³-hybridized carbons (Fsp3) is 0.267. The summed E-state index contributed by atoms with van der Waals surface area (Å²) >= 11 is 0. The van der Waals surface area contributed by atoms with Gasteiger partial charge >= 0.3 is 0 Å². The minimum absolute atomic E-state index is 0.183. The van der Waals surface area contributed by atoms with Crippen molar-refractivity contribution in [3.8, 4) is 0 Å². The largest absolute Gasteiger partial charge is 0.345 e. The van der Waals surface area contributed by atoms with Gasteiger partial charge in [-0.15, -0.1) is 0 Å². The lowest BCUT2D eigenvalue weighted by atomic mass is 10.3. The number of rotatable bonds is 3. The summed E-state index contributed by atoms with van der Waals surface area (Å²) in [5, 5.41) is 7.13. The van der Waals surface area contributed by atoms with Gasteiger partial charge in [-0.25, -0.2) is 4.98 Å². The monoisotopic (exact) mass is 283 g/mol. The highest BCUT2D eigenvalue weighted by atomic mass is 16.1. The Morgan fingerprint density at radius 2 is 2.19 bits per heavy atom. The highest BCUT2D eigenvalue weighted by molar-refractivity contribution is 5.92. The smallest absolute Gasteiger partial charge is 0.271 e. The number of aryl methyl sites for hydroxylation is 3. The second-order valence-corrected chi connectivity index (χ2v) is 5.13. The number of carbonyl (C=O) groups excluding carboxylic acids is 1. The van der Waals surface area contributed by atoms with Crippen LogP contribution in [-0.4, -0.2) is 25.1 Å². The lowest BCUT2D eigenvalue weighted by Crippen LogP contribution is -2.24. The van der Waals surface area contributed by atoms with Gasteiger partial charge in [-0.2, -0.15) is 5.10 Å². The molecule has 0 aromatic carbocycles. The maximum Gasteiger partial charge on any atom is 0.271 e. The second kappa shape index (κ2) is 5.05. The van der Waals surface area contributed by atoms with Crippen molar-refractivity contribution >= 4 is 11.6 Å². The predicted octanol–water partition coefficient (Wildman–Crippen LogP) is 1.61. The summed E-state index contributed by atoms with van der Waals surface area (Å²) < 4.78 is 3.63. The molecule has 1 amide bonds. The lowest BCUT2D eigenvalue weighted by molar-refractivity contribution is 0.0945. The summed E-state index contributed by atoms with van der Waals surface area (Å²) in [6, 6.07) is 5.86. The molecule has 0 atom stereocenters. The van der Waals surface area contributed by atoms with Gasteiger partial charge in [0, 0.05) is 19.4 Å². The highest BCUT2D eigenvalue weighted by Crippen LogP contribution is 2.10. The number of carbonyl (C=O) groups is 1. The van der Waals surface area contributed by atoms with Crippen molar-refractivity contribution in [1.82, 2.24) is 24.5 Å². The molecule has 21 heavy (non-hydrogen) atoms. The number of amides is 1. The van der Waals surface area contributed by atoms with Crippen molar-refractivity contribution < 1.29 is 4.79 Å². The van der Waals surface area contributed by atoms with Gasteiger partial charge < -0.3 is 9.72 Å². The first kappa shape index (κ1) is 13.4. The molecular weight excluding hydrogens is 266 g/mol. The van der Waals surface area contributed by atoms with E-state index < -0.39 is 0 Å². The van der Waals surface area contributed by atoms with Gasteiger partial charge in [0.2, 0.25) is 0 Å². The van der Waals surface area contributed by atoms with Crippen LogP contribution in [-0.2, 0) is 13.6 Å². The molecule has 0 bridgehead atoms. The average Bonchev–Trinajstić information content (AvgIpc) is 3.00. The maximum absolute atomic E-state index is 12.2. The molecule has 3 rings (SSSR count). The number of nitrogens with one attached hydrogen (secondary N) is 1. The Bertz CT molecular complexity index is 815. The van der Waals surface area contributed by atoms with Crippen LogP contribution < -0.4 is 5.32 Å². The highest BCUT2D eigenvalue weighted by Gasteiger charge is 2.12. The standard InChI is InChI=1S/C15H17N5O/c1-10-5-4-6-20-9-13(17-14(10)20)15(21)16-8-12-7-11(2)18-19(12)3/h4-7,9H,8H2,1-3H3,(H,16,21). The van der Waals surface area contributed by atoms with Crippen molar-refractivity contribution in [1.29, 1.82) is 0 Å². The molecule has 0 saturated heterocycles. The average molecular weight is 283 g/mol. The molecular formula is C15H17N5O. The number of aromatic nitrogens is 4. The third-order valence-corrected chi connectivity index (χ3v) is 3.44. The van der Waals surface area contributed by atoms with Crippen LogP contribution in [0.5, 0.6) is 0 Å². The van der Waals surface area contributed by atoms with Crippen molar-refractivity contribution in [3.63, 3.8) is 0 Å². The number of hydrogen-bond donors (Lipinski definition) is 1. The summed E-state index contributed by atoms with van der Waals surface area (Å²) in [5.74, 6) is -0.183. The number of imidazole rings is 1. The fourth-order valence-electron chi connectivity index (χ4n) is 2.35. The number of hydrogen-bond acceptors (Lipinski definition) is 3. The number of pyridine rings is 1. The molecule has 0 radical (unpaired) electrons. The van der Waals surface area contributed by atoms with Crippen molar-refractivity contribution in [2.24, 2.45) is 7.05 Å². The Labute approximate surface area is 122 Å². The summed E-state index contributed by atoms with van der Waals surface area (Å²) in [4.78, 5) is 16.6. The van der Waals surface area contributed by atoms with E-state index in [1.807, 2.05) is 49.7 Å². The zero-order valence-electron chi connectivity index (χ0n) is 12.3. The van der Waals surface area contributed by atoms with Gasteiger partial charge in [0.05, 0.1) is 17.9 Å². The molecule has 108 valence electrons. The molecule has 0 aliphatic carbocycles. The molecule has 0 fully saturated rings. The fourth-order valence-corrected chi connectivity index (χ4v) is 2.35. The SMILES string of the molecule is Cc1cc(CNC(=O)c2cn3cccc(C)c3n2)n(C)n1. The molecule has 6 nitrogen and oxygen atoms in total. The van der Waals surface area contributed by atoms with Crippen LogP contribution >= 0.6 is 0 Å². The first-order valence-electron chi connectivity index (χ1n) is 6.76. The van der Waals surface area contributed by atoms with E-state index in [2.05, 4.69) is 15.4 Å². The Morgan fingerprint density at radius 1 is 1.38 bits per heavy atom. The van der Waals surface area contributed by atoms with E-state index in [9.17, 15) is 4.79 Å². The van der Waals surface area contributed by atoms with Gasteiger partial charge in [0.1, 0.15) is 11.3 Å². The Hall–Kier alpha value is -2.63. The summed E-state index contributed by atoms with van der Waals surface area (Å²) in [6.07, 6.45) is 3.63. The summed E-state index contributed by atoms with van der Waals surface area (Å²) in [7, 11) is 1.86. The molecule has 6 heteroatoms. The normalized spacial score (nSPS) is 11.0. The van der Waals surface area contributed by atoms with Crippen LogP contribution in [0.25, 0.3) is 5.65 Å². The summed E-state index contributed by atoms with van der Waals surface area (Å²) in [6.45, 7) is 4.33. The predicted molar refractivity (Wildman–Crippen MR) is 79.0 cm³/mol.